The Hall–Kier alpha value is -1.91. The van der Waals surface area contributed by atoms with Crippen LogP contribution in [-0.2, 0) is 9.84 Å². The Morgan fingerprint density at radius 1 is 0.920 bits per heavy atom. The summed E-state index contributed by atoms with van der Waals surface area (Å²) < 4.78 is 26.4. The first-order valence-corrected chi connectivity index (χ1v) is 10.3. The molecular formula is C21H22O3S. The number of benzene rings is 2. The van der Waals surface area contributed by atoms with E-state index in [9.17, 15) is 13.5 Å². The highest BCUT2D eigenvalue weighted by Crippen LogP contribution is 2.53. The number of hydrogen-bond donors (Lipinski definition) is 1. The Balaban J connectivity index is 1.73. The highest BCUT2D eigenvalue weighted by atomic mass is 32.2. The highest BCUT2D eigenvalue weighted by Gasteiger charge is 2.45. The van der Waals surface area contributed by atoms with Crippen molar-refractivity contribution in [2.75, 3.05) is 0 Å². The van der Waals surface area contributed by atoms with Gasteiger partial charge in [-0.15, -0.1) is 0 Å². The molecule has 130 valence electrons. The minimum atomic E-state index is -3.48. The number of fused-ring (bicyclic) bond motifs is 2. The molecule has 2 aliphatic carbocycles. The van der Waals surface area contributed by atoms with E-state index in [0.717, 1.165) is 30.4 Å². The van der Waals surface area contributed by atoms with Crippen LogP contribution in [0.2, 0.25) is 0 Å². The molecule has 2 aromatic carbocycles. The van der Waals surface area contributed by atoms with Gasteiger partial charge < -0.3 is 5.11 Å². The first-order chi connectivity index (χ1) is 12.1. The molecule has 0 amide bonds. The van der Waals surface area contributed by atoms with Gasteiger partial charge in [-0.2, -0.15) is 0 Å². The number of hydrogen-bond acceptors (Lipinski definition) is 3. The quantitative estimate of drug-likeness (QED) is 0.872. The standard InChI is InChI=1S/C21H22O3S/c22-20(15-7-3-1-4-8-15)14-19-16-11-12-17(13-16)21(19)25(23,24)18-9-5-2-6-10-18/h1-10,16-17,20,22H,11-14H2/t16-,17+,20?/m1/s1. The molecule has 1 N–H and O–H groups in total. The van der Waals surface area contributed by atoms with E-state index in [-0.39, 0.29) is 5.92 Å². The fraction of sp³-hybridized carbons (Fsp3) is 0.333. The third-order valence-corrected chi connectivity index (χ3v) is 7.62. The molecule has 4 heteroatoms. The summed E-state index contributed by atoms with van der Waals surface area (Å²) >= 11 is 0. The summed E-state index contributed by atoms with van der Waals surface area (Å²) in [5.41, 5.74) is 1.80. The van der Waals surface area contributed by atoms with Gasteiger partial charge in [0.05, 0.1) is 15.9 Å². The van der Waals surface area contributed by atoms with Crippen LogP contribution in [-0.4, -0.2) is 13.5 Å². The van der Waals surface area contributed by atoms with E-state index >= 15 is 0 Å². The van der Waals surface area contributed by atoms with Crippen molar-refractivity contribution in [2.45, 2.75) is 36.7 Å². The zero-order valence-electron chi connectivity index (χ0n) is 14.0. The first-order valence-electron chi connectivity index (χ1n) is 8.83. The Morgan fingerprint density at radius 3 is 2.20 bits per heavy atom. The predicted molar refractivity (Wildman–Crippen MR) is 97.5 cm³/mol. The van der Waals surface area contributed by atoms with Crippen molar-refractivity contribution in [1.82, 2.24) is 0 Å². The van der Waals surface area contributed by atoms with Crippen molar-refractivity contribution < 1.29 is 13.5 Å². The van der Waals surface area contributed by atoms with Crippen LogP contribution in [0, 0.1) is 11.8 Å². The maximum Gasteiger partial charge on any atom is 0.203 e. The van der Waals surface area contributed by atoms with E-state index in [1.807, 2.05) is 36.4 Å². The van der Waals surface area contributed by atoms with Gasteiger partial charge in [-0.1, -0.05) is 48.5 Å². The van der Waals surface area contributed by atoms with Crippen LogP contribution in [0.5, 0.6) is 0 Å². The Morgan fingerprint density at radius 2 is 1.52 bits per heavy atom. The van der Waals surface area contributed by atoms with E-state index in [1.165, 1.54) is 0 Å². The lowest BCUT2D eigenvalue weighted by Gasteiger charge is -2.22. The molecule has 0 heterocycles. The maximum absolute atomic E-state index is 13.2. The molecular weight excluding hydrogens is 332 g/mol. The van der Waals surface area contributed by atoms with Crippen LogP contribution in [0.4, 0.5) is 0 Å². The van der Waals surface area contributed by atoms with Crippen LogP contribution in [0.1, 0.15) is 37.4 Å². The molecule has 25 heavy (non-hydrogen) atoms. The van der Waals surface area contributed by atoms with E-state index in [4.69, 9.17) is 0 Å². The van der Waals surface area contributed by atoms with Gasteiger partial charge in [0.2, 0.25) is 9.84 Å². The zero-order chi connectivity index (χ0) is 17.4. The van der Waals surface area contributed by atoms with Crippen LogP contribution in [0.25, 0.3) is 0 Å². The van der Waals surface area contributed by atoms with E-state index in [2.05, 4.69) is 0 Å². The van der Waals surface area contributed by atoms with Crippen molar-refractivity contribution >= 4 is 9.84 Å². The average Bonchev–Trinajstić information content (AvgIpc) is 3.25. The summed E-state index contributed by atoms with van der Waals surface area (Å²) in [6.45, 7) is 0. The molecule has 4 rings (SSSR count). The third kappa shape index (κ3) is 2.94. The van der Waals surface area contributed by atoms with Crippen LogP contribution in [0.15, 0.2) is 76.0 Å². The van der Waals surface area contributed by atoms with E-state index in [1.54, 1.807) is 24.3 Å². The largest absolute Gasteiger partial charge is 0.388 e. The topological polar surface area (TPSA) is 54.4 Å². The second-order valence-electron chi connectivity index (χ2n) is 7.04. The minimum Gasteiger partial charge on any atom is -0.388 e. The van der Waals surface area contributed by atoms with Crippen molar-refractivity contribution in [3.8, 4) is 0 Å². The molecule has 3 atom stereocenters. The Kier molecular flexibility index (Phi) is 4.26. The third-order valence-electron chi connectivity index (χ3n) is 5.55. The molecule has 2 bridgehead atoms. The lowest BCUT2D eigenvalue weighted by atomic mass is 9.91. The fourth-order valence-corrected chi connectivity index (χ4v) is 6.40. The summed E-state index contributed by atoms with van der Waals surface area (Å²) in [6.07, 6.45) is 2.65. The van der Waals surface area contributed by atoms with Crippen molar-refractivity contribution in [2.24, 2.45) is 11.8 Å². The van der Waals surface area contributed by atoms with Crippen molar-refractivity contribution in [3.63, 3.8) is 0 Å². The molecule has 0 saturated heterocycles. The molecule has 2 aliphatic rings. The van der Waals surface area contributed by atoms with Gasteiger partial charge in [0.1, 0.15) is 0 Å². The van der Waals surface area contributed by atoms with Gasteiger partial charge in [-0.3, -0.25) is 0 Å². The minimum absolute atomic E-state index is 0.119. The molecule has 1 fully saturated rings. The predicted octanol–water partition coefficient (Wildman–Crippen LogP) is 4.27. The van der Waals surface area contributed by atoms with E-state index in [0.29, 0.717) is 22.1 Å². The summed E-state index contributed by atoms with van der Waals surface area (Å²) in [4.78, 5) is 0.953. The Labute approximate surface area is 148 Å². The summed E-state index contributed by atoms with van der Waals surface area (Å²) in [5.74, 6) is 0.421. The molecule has 2 aromatic rings. The summed E-state index contributed by atoms with van der Waals surface area (Å²) in [7, 11) is -3.48. The zero-order valence-corrected chi connectivity index (χ0v) is 14.8. The maximum atomic E-state index is 13.2. The van der Waals surface area contributed by atoms with Gasteiger partial charge in [-0.05, 0) is 54.4 Å². The lowest BCUT2D eigenvalue weighted by Crippen LogP contribution is -2.15. The van der Waals surface area contributed by atoms with Gasteiger partial charge in [-0.25, -0.2) is 8.42 Å². The normalized spacial score (nSPS) is 23.9. The summed E-state index contributed by atoms with van der Waals surface area (Å²) in [5, 5.41) is 10.6. The molecule has 0 radical (unpaired) electrons. The second kappa shape index (κ2) is 6.43. The summed E-state index contributed by atoms with van der Waals surface area (Å²) in [6, 6.07) is 18.2. The van der Waals surface area contributed by atoms with Crippen molar-refractivity contribution in [1.29, 1.82) is 0 Å². The van der Waals surface area contributed by atoms with Crippen LogP contribution < -0.4 is 0 Å². The number of sulfone groups is 1. The number of rotatable bonds is 5. The van der Waals surface area contributed by atoms with Crippen LogP contribution in [0.3, 0.4) is 0 Å². The van der Waals surface area contributed by atoms with Crippen LogP contribution >= 0.6 is 0 Å². The number of allylic oxidation sites excluding steroid dienone is 1. The van der Waals surface area contributed by atoms with Crippen molar-refractivity contribution in [3.05, 3.63) is 76.7 Å². The van der Waals surface area contributed by atoms with E-state index < -0.39 is 15.9 Å². The van der Waals surface area contributed by atoms with Gasteiger partial charge in [0, 0.05) is 6.42 Å². The smallest absolute Gasteiger partial charge is 0.203 e. The fourth-order valence-electron chi connectivity index (χ4n) is 4.39. The number of aliphatic hydroxyl groups is 1. The molecule has 1 saturated carbocycles. The molecule has 1 unspecified atom stereocenters. The molecule has 0 spiro atoms. The second-order valence-corrected chi connectivity index (χ2v) is 8.96. The highest BCUT2D eigenvalue weighted by molar-refractivity contribution is 7.95. The SMILES string of the molecule is O=S(=O)(C1=C(CC(O)c2ccccc2)[C@@H]2CC[C@H]1C2)c1ccccc1. The molecule has 3 nitrogen and oxygen atoms in total. The molecule has 0 aromatic heterocycles. The van der Waals surface area contributed by atoms with Gasteiger partial charge in [0.15, 0.2) is 0 Å². The van der Waals surface area contributed by atoms with Gasteiger partial charge in [0.25, 0.3) is 0 Å². The molecule has 0 aliphatic heterocycles. The lowest BCUT2D eigenvalue weighted by molar-refractivity contribution is 0.175. The average molecular weight is 354 g/mol. The van der Waals surface area contributed by atoms with Gasteiger partial charge >= 0.3 is 0 Å². The first kappa shape index (κ1) is 16.6. The Bertz CT molecular complexity index is 885. The number of aliphatic hydroxyl groups excluding tert-OH is 1. The monoisotopic (exact) mass is 354 g/mol.